The topological polar surface area (TPSA) is 6.48 Å². The normalized spacial score (nSPS) is 14.1. The molecule has 13 aromatic carbocycles. The maximum Gasteiger partial charge on any atom is 0.0502 e. The Bertz CT molecular complexity index is 4170. The summed E-state index contributed by atoms with van der Waals surface area (Å²) in [6.07, 6.45) is 0. The van der Waals surface area contributed by atoms with Crippen molar-refractivity contribution in [2.24, 2.45) is 0 Å². The Morgan fingerprint density at radius 1 is 0.231 bits per heavy atom. The predicted molar refractivity (Wildman–Crippen MR) is 332 cm³/mol. The van der Waals surface area contributed by atoms with Gasteiger partial charge in [-0.3, -0.25) is 0 Å². The molecule has 2 heteroatoms. The largest absolute Gasteiger partial charge is 0.310 e. The van der Waals surface area contributed by atoms with Gasteiger partial charge in [-0.1, -0.05) is 234 Å². The van der Waals surface area contributed by atoms with Crippen LogP contribution in [-0.4, -0.2) is 0 Å². The molecule has 2 nitrogen and oxygen atoms in total. The lowest BCUT2D eigenvalue weighted by Gasteiger charge is -2.42. The Balaban J connectivity index is 1.01. The first-order chi connectivity index (χ1) is 38.2. The molecule has 0 aromatic heterocycles. The number of anilines is 6. The molecule has 0 radical (unpaired) electrons. The van der Waals surface area contributed by atoms with Crippen LogP contribution in [0.3, 0.4) is 0 Å². The lowest BCUT2D eigenvalue weighted by atomic mass is 9.73. The van der Waals surface area contributed by atoms with Crippen LogP contribution in [0.5, 0.6) is 0 Å². The highest BCUT2D eigenvalue weighted by Crippen LogP contribution is 2.56. The van der Waals surface area contributed by atoms with Crippen LogP contribution in [0, 0.1) is 0 Å². The zero-order chi connectivity index (χ0) is 52.3. The van der Waals surface area contributed by atoms with Gasteiger partial charge in [-0.15, -0.1) is 0 Å². The molecule has 0 saturated heterocycles. The molecule has 0 aliphatic carbocycles. The van der Waals surface area contributed by atoms with E-state index in [1.807, 2.05) is 0 Å². The van der Waals surface area contributed by atoms with Gasteiger partial charge in [-0.25, -0.2) is 0 Å². The van der Waals surface area contributed by atoms with E-state index in [1.54, 1.807) is 0 Å². The number of hydrogen-bond acceptors (Lipinski definition) is 2. The van der Waals surface area contributed by atoms with Crippen LogP contribution in [0.4, 0.5) is 34.1 Å². The number of benzene rings is 13. The molecule has 15 rings (SSSR count). The van der Waals surface area contributed by atoms with Gasteiger partial charge in [0.05, 0.1) is 22.7 Å². The van der Waals surface area contributed by atoms with E-state index < -0.39 is 0 Å². The Morgan fingerprint density at radius 2 is 0.526 bits per heavy atom. The van der Waals surface area contributed by atoms with Gasteiger partial charge in [0.25, 0.3) is 0 Å². The third-order valence-corrected chi connectivity index (χ3v) is 17.4. The summed E-state index contributed by atoms with van der Waals surface area (Å²) in [6.45, 7) is 9.45. The van der Waals surface area contributed by atoms with Crippen LogP contribution in [0.2, 0.25) is 0 Å². The fourth-order valence-electron chi connectivity index (χ4n) is 13.4. The highest BCUT2D eigenvalue weighted by atomic mass is 15.2. The zero-order valence-electron chi connectivity index (χ0n) is 44.3. The molecule has 0 unspecified atom stereocenters. The highest BCUT2D eigenvalue weighted by molar-refractivity contribution is 6.23. The van der Waals surface area contributed by atoms with E-state index in [4.69, 9.17) is 0 Å². The molecule has 0 spiro atoms. The highest BCUT2D eigenvalue weighted by Gasteiger charge is 2.38. The first kappa shape index (κ1) is 45.9. The molecule has 2 heterocycles. The minimum absolute atomic E-state index is 0.177. The van der Waals surface area contributed by atoms with Crippen LogP contribution in [-0.2, 0) is 10.8 Å². The molecule has 0 amide bonds. The van der Waals surface area contributed by atoms with Crippen LogP contribution in [0.25, 0.3) is 87.6 Å². The molecule has 0 bridgehead atoms. The van der Waals surface area contributed by atoms with Crippen molar-refractivity contribution in [3.63, 3.8) is 0 Å². The molecule has 2 aliphatic heterocycles. The Labute approximate surface area is 456 Å². The fraction of sp³-hybridized carbons (Fsp3) is 0.0789. The van der Waals surface area contributed by atoms with E-state index in [9.17, 15) is 0 Å². The zero-order valence-corrected chi connectivity index (χ0v) is 44.3. The van der Waals surface area contributed by atoms with E-state index >= 15 is 0 Å². The van der Waals surface area contributed by atoms with Crippen molar-refractivity contribution >= 4 is 77.2 Å². The summed E-state index contributed by atoms with van der Waals surface area (Å²) in [4.78, 5) is 5.00. The average Bonchev–Trinajstić information content (AvgIpc) is 3.66. The summed E-state index contributed by atoms with van der Waals surface area (Å²) in [5.41, 5.74) is 21.6. The molecule has 0 N–H and O–H groups in total. The Kier molecular flexibility index (Phi) is 10.3. The van der Waals surface area contributed by atoms with Crippen molar-refractivity contribution in [2.45, 2.75) is 38.5 Å². The molecule has 370 valence electrons. The second-order valence-corrected chi connectivity index (χ2v) is 22.5. The summed E-state index contributed by atoms with van der Waals surface area (Å²) in [5, 5.41) is 9.79. The minimum Gasteiger partial charge on any atom is -0.310 e. The third kappa shape index (κ3) is 7.10. The van der Waals surface area contributed by atoms with Crippen LogP contribution in [0.1, 0.15) is 49.9 Å². The number of hydrogen-bond donors (Lipinski definition) is 0. The minimum atomic E-state index is -0.177. The van der Waals surface area contributed by atoms with Gasteiger partial charge in [-0.05, 0) is 171 Å². The van der Waals surface area contributed by atoms with Crippen LogP contribution < -0.4 is 9.80 Å². The monoisotopic (exact) mass is 996 g/mol. The van der Waals surface area contributed by atoms with Crippen molar-refractivity contribution in [3.05, 3.63) is 289 Å². The summed E-state index contributed by atoms with van der Waals surface area (Å²) in [5.74, 6) is 0. The molecule has 78 heavy (non-hydrogen) atoms. The first-order valence-electron chi connectivity index (χ1n) is 27.4. The van der Waals surface area contributed by atoms with Gasteiger partial charge in [0, 0.05) is 22.2 Å². The van der Waals surface area contributed by atoms with Gasteiger partial charge in [0.2, 0.25) is 0 Å². The smallest absolute Gasteiger partial charge is 0.0502 e. The van der Waals surface area contributed by atoms with E-state index in [2.05, 4.69) is 304 Å². The van der Waals surface area contributed by atoms with Crippen molar-refractivity contribution in [3.8, 4) is 44.5 Å². The number of fused-ring (bicyclic) bond motifs is 8. The summed E-state index contributed by atoms with van der Waals surface area (Å²) < 4.78 is 0. The lowest BCUT2D eigenvalue weighted by Crippen LogP contribution is -2.30. The molecule has 13 aromatic rings. The van der Waals surface area contributed by atoms with E-state index in [-0.39, 0.29) is 10.8 Å². The van der Waals surface area contributed by atoms with Crippen molar-refractivity contribution in [1.29, 1.82) is 0 Å². The predicted octanol–water partition coefficient (Wildman–Crippen LogP) is 21.2. The second-order valence-electron chi connectivity index (χ2n) is 22.5. The number of nitrogens with zero attached hydrogens (tertiary/aromatic N) is 2. The van der Waals surface area contributed by atoms with Crippen molar-refractivity contribution in [1.82, 2.24) is 0 Å². The molecule has 0 fully saturated rings. The second kappa shape index (κ2) is 17.5. The SMILES string of the molecule is CC1(C)c2ccccc2N(c2ccc3c(-c4ccc(-c5ccc6ccccc6c5)cc4)c4cc(N5c6ccccc6C(C)(C)c6ccccc65)ccc4c(-c4ccc(-c5ccc6ccccc6c5)cc4)c3c2)c2ccccc21. The maximum absolute atomic E-state index is 2.50. The summed E-state index contributed by atoms with van der Waals surface area (Å²) >= 11 is 0. The number of rotatable bonds is 6. The Morgan fingerprint density at radius 3 is 0.885 bits per heavy atom. The van der Waals surface area contributed by atoms with Gasteiger partial charge in [0.15, 0.2) is 0 Å². The summed E-state index contributed by atoms with van der Waals surface area (Å²) in [7, 11) is 0. The van der Waals surface area contributed by atoms with E-state index in [1.165, 1.54) is 133 Å². The standard InChI is InChI=1S/C76H56N2/c1-75(2)65-21-9-13-25-69(65)77(70-26-14-10-22-66(70)75)59-41-43-61-63(47-59)73(53-35-29-51(30-36-53)57-39-33-49-17-5-7-19-55(49)45-57)62-44-42-60(78-71-27-15-11-23-67(71)76(3,4)68-24-12-16-28-72(68)78)48-64(62)74(61)54-37-31-52(32-38-54)58-40-34-50-18-6-8-20-56(50)46-58/h5-48H,1-4H3. The third-order valence-electron chi connectivity index (χ3n) is 17.4. The fourth-order valence-corrected chi connectivity index (χ4v) is 13.4. The van der Waals surface area contributed by atoms with E-state index in [0.29, 0.717) is 0 Å². The molecule has 0 atom stereocenters. The molecular weight excluding hydrogens is 941 g/mol. The van der Waals surface area contributed by atoms with Gasteiger partial charge >= 0.3 is 0 Å². The quantitative estimate of drug-likeness (QED) is 0.153. The van der Waals surface area contributed by atoms with Crippen molar-refractivity contribution in [2.75, 3.05) is 9.80 Å². The summed E-state index contributed by atoms with van der Waals surface area (Å²) in [6, 6.07) is 100.0. The Hall–Kier alpha value is -9.50. The molecule has 2 aliphatic rings. The van der Waals surface area contributed by atoms with Crippen LogP contribution in [0.15, 0.2) is 267 Å². The van der Waals surface area contributed by atoms with Gasteiger partial charge in [0.1, 0.15) is 0 Å². The molecular formula is C76H56N2. The van der Waals surface area contributed by atoms with Crippen molar-refractivity contribution < 1.29 is 0 Å². The lowest BCUT2D eigenvalue weighted by molar-refractivity contribution is 0.632. The van der Waals surface area contributed by atoms with Gasteiger partial charge < -0.3 is 9.80 Å². The number of para-hydroxylation sites is 4. The van der Waals surface area contributed by atoms with E-state index in [0.717, 1.165) is 11.4 Å². The first-order valence-corrected chi connectivity index (χ1v) is 27.4. The maximum atomic E-state index is 2.50. The molecule has 0 saturated carbocycles. The van der Waals surface area contributed by atoms with Crippen LogP contribution >= 0.6 is 0 Å². The van der Waals surface area contributed by atoms with Gasteiger partial charge in [-0.2, -0.15) is 0 Å². The average molecular weight is 997 g/mol.